The van der Waals surface area contributed by atoms with Gasteiger partial charge in [-0.3, -0.25) is 9.13 Å². The van der Waals surface area contributed by atoms with E-state index in [-0.39, 0.29) is 102 Å². The van der Waals surface area contributed by atoms with Crippen LogP contribution in [0.3, 0.4) is 0 Å². The van der Waals surface area contributed by atoms with E-state index in [9.17, 15) is 14.2 Å². The third kappa shape index (κ3) is 7.98. The van der Waals surface area contributed by atoms with Gasteiger partial charge in [-0.1, -0.05) is 0 Å². The van der Waals surface area contributed by atoms with Gasteiger partial charge in [-0.05, 0) is 13.0 Å². The molecule has 98 valence electrons. The molecule has 0 aromatic heterocycles. The molecule has 0 unspecified atom stereocenters. The molecule has 9 nitrogen and oxygen atoms in total. The zero-order chi connectivity index (χ0) is 11.6. The molecule has 0 aliphatic heterocycles. The van der Waals surface area contributed by atoms with E-state index in [2.05, 4.69) is 0 Å². The maximum absolute atomic E-state index is 10.7. The fourth-order valence-corrected chi connectivity index (χ4v) is 3.06. The molecule has 0 amide bonds. The van der Waals surface area contributed by atoms with Crippen molar-refractivity contribution in [2.45, 2.75) is 17.9 Å². The largest absolute Gasteiger partial charge is 1.00 e. The molecule has 0 radical (unpaired) electrons. The van der Waals surface area contributed by atoms with Crippen molar-refractivity contribution < 1.29 is 123 Å². The first-order chi connectivity index (χ1) is 6.06. The first kappa shape index (κ1) is 28.0. The Morgan fingerprint density at radius 3 is 1.59 bits per heavy atom. The second-order valence-electron chi connectivity index (χ2n) is 2.75. The van der Waals surface area contributed by atoms with Gasteiger partial charge in [-0.25, -0.2) is 0 Å². The fraction of sp³-hybridized carbons (Fsp3) is 1.00. The van der Waals surface area contributed by atoms with E-state index in [1.807, 2.05) is 0 Å². The summed E-state index contributed by atoms with van der Waals surface area (Å²) in [6.07, 6.45) is -0.856. The standard InChI is InChI=1S/C4H13NO7P2.K.Na.H2O.2H/c5-3-1-2-4(6,13(7,8)9)14(10,11)12;;;;;/h6H,1-3,5H2,(H2,7,8,9)(H2,10,11,12);;;1H2;;/q;2*+1;;2*-1. The summed E-state index contributed by atoms with van der Waals surface area (Å²) in [6.45, 7) is -0.0394. The third-order valence-electron chi connectivity index (χ3n) is 1.65. The minimum atomic E-state index is -5.30. The molecule has 0 aromatic rings. The molecule has 0 spiro atoms. The van der Waals surface area contributed by atoms with E-state index < -0.39 is 26.7 Å². The minimum Gasteiger partial charge on any atom is -1.00 e. The molecule has 0 saturated heterocycles. The van der Waals surface area contributed by atoms with E-state index >= 15 is 0 Å². The second-order valence-corrected chi connectivity index (χ2v) is 6.76. The van der Waals surface area contributed by atoms with Gasteiger partial charge in [-0.15, -0.1) is 0 Å². The van der Waals surface area contributed by atoms with Crippen LogP contribution in [0.4, 0.5) is 0 Å². The Kier molecular flexibility index (Phi) is 17.4. The van der Waals surface area contributed by atoms with Crippen LogP contribution >= 0.6 is 15.2 Å². The molecule has 0 aromatic carbocycles. The van der Waals surface area contributed by atoms with Gasteiger partial charge in [0.1, 0.15) is 0 Å². The summed E-state index contributed by atoms with van der Waals surface area (Å²) < 4.78 is 21.4. The summed E-state index contributed by atoms with van der Waals surface area (Å²) in [5.41, 5.74) is 5.01. The van der Waals surface area contributed by atoms with Gasteiger partial charge in [0.05, 0.1) is 0 Å². The molecule has 0 heterocycles. The van der Waals surface area contributed by atoms with Crippen LogP contribution in [0.5, 0.6) is 0 Å². The molecule has 0 bridgehead atoms. The van der Waals surface area contributed by atoms with Crippen molar-refractivity contribution in [3.05, 3.63) is 0 Å². The number of hydrogen-bond acceptors (Lipinski definition) is 4. The van der Waals surface area contributed by atoms with Crippen LogP contribution in [0.2, 0.25) is 0 Å². The van der Waals surface area contributed by atoms with Crippen LogP contribution in [0.25, 0.3) is 0 Å². The molecule has 17 heavy (non-hydrogen) atoms. The second kappa shape index (κ2) is 10.5. The number of aliphatic hydroxyl groups is 1. The molecule has 0 aliphatic carbocycles. The molecule has 13 heteroatoms. The summed E-state index contributed by atoms with van der Waals surface area (Å²) >= 11 is 0. The normalized spacial score (nSPS) is 11.9. The van der Waals surface area contributed by atoms with Gasteiger partial charge in [-0.2, -0.15) is 0 Å². The maximum Gasteiger partial charge on any atom is 1.00 e. The fourth-order valence-electron chi connectivity index (χ4n) is 0.800. The molecule has 0 fully saturated rings. The van der Waals surface area contributed by atoms with Crippen molar-refractivity contribution in [2.75, 3.05) is 6.54 Å². The average molecular weight is 331 g/mol. The summed E-state index contributed by atoms with van der Waals surface area (Å²) in [5, 5.41) is 5.91. The Bertz CT molecular complexity index is 278. The van der Waals surface area contributed by atoms with Crippen molar-refractivity contribution in [2.24, 2.45) is 5.73 Å². The van der Waals surface area contributed by atoms with Gasteiger partial charge in [0.25, 0.3) is 5.08 Å². The van der Waals surface area contributed by atoms with Crippen molar-refractivity contribution >= 4 is 15.2 Å². The Labute approximate surface area is 166 Å². The number of hydrogen-bond donors (Lipinski definition) is 6. The van der Waals surface area contributed by atoms with E-state index in [0.29, 0.717) is 0 Å². The van der Waals surface area contributed by atoms with E-state index in [0.717, 1.165) is 0 Å². The summed E-state index contributed by atoms with van der Waals surface area (Å²) in [6, 6.07) is 0. The molecular weight excluding hydrogens is 314 g/mol. The number of nitrogens with two attached hydrogens (primary N) is 1. The van der Waals surface area contributed by atoms with Crippen LogP contribution in [-0.4, -0.2) is 41.8 Å². The number of rotatable bonds is 5. The Morgan fingerprint density at radius 2 is 1.41 bits per heavy atom. The molecule has 0 rings (SSSR count). The Balaban J connectivity index is -0.0000000845. The van der Waals surface area contributed by atoms with Gasteiger partial charge < -0.3 is 38.7 Å². The smallest absolute Gasteiger partial charge is 1.00 e. The van der Waals surface area contributed by atoms with Crippen molar-refractivity contribution in [1.82, 2.24) is 0 Å². The van der Waals surface area contributed by atoms with Crippen LogP contribution in [0.1, 0.15) is 15.7 Å². The Hall–Kier alpha value is 2.82. The third-order valence-corrected chi connectivity index (χ3v) is 5.53. The first-order valence-corrected chi connectivity index (χ1v) is 6.82. The van der Waals surface area contributed by atoms with E-state index in [4.69, 9.17) is 25.3 Å². The van der Waals surface area contributed by atoms with Crippen molar-refractivity contribution in [3.63, 3.8) is 0 Å². The average Bonchev–Trinajstić information content (AvgIpc) is 1.95. The quantitative estimate of drug-likeness (QED) is 0.211. The zero-order valence-electron chi connectivity index (χ0n) is 11.6. The summed E-state index contributed by atoms with van der Waals surface area (Å²) in [5.74, 6) is 0. The topological polar surface area (TPSA) is 193 Å². The van der Waals surface area contributed by atoms with Gasteiger partial charge >= 0.3 is 96.1 Å². The SMILES string of the molecule is NCCCC(O)(P(=O)(O)O)P(=O)(O)O.O.[H-].[H-].[K+].[Na+]. The van der Waals surface area contributed by atoms with Crippen LogP contribution in [-0.2, 0) is 9.13 Å². The molecular formula is C4H17KNNaO8P2. The predicted octanol–water partition coefficient (Wildman–Crippen LogP) is -7.86. The van der Waals surface area contributed by atoms with Gasteiger partial charge in [0.2, 0.25) is 0 Å². The molecule has 0 aliphatic rings. The van der Waals surface area contributed by atoms with Gasteiger partial charge in [0, 0.05) is 6.42 Å². The zero-order valence-corrected chi connectivity index (χ0v) is 16.6. The van der Waals surface area contributed by atoms with Crippen molar-refractivity contribution in [1.29, 1.82) is 0 Å². The Morgan fingerprint density at radius 1 is 1.12 bits per heavy atom. The van der Waals surface area contributed by atoms with Gasteiger partial charge in [0.15, 0.2) is 0 Å². The van der Waals surface area contributed by atoms with E-state index in [1.165, 1.54) is 0 Å². The molecule has 0 atom stereocenters. The summed E-state index contributed by atoms with van der Waals surface area (Å²) in [7, 11) is -10.6. The van der Waals surface area contributed by atoms with Crippen LogP contribution in [0, 0.1) is 0 Å². The van der Waals surface area contributed by atoms with Crippen LogP contribution in [0.15, 0.2) is 0 Å². The van der Waals surface area contributed by atoms with Crippen molar-refractivity contribution in [3.8, 4) is 0 Å². The maximum atomic E-state index is 10.7. The monoisotopic (exact) mass is 331 g/mol. The predicted molar refractivity (Wildman–Crippen MR) is 53.2 cm³/mol. The molecule has 0 saturated carbocycles. The molecule has 9 N–H and O–H groups in total. The minimum absolute atomic E-state index is 0. The summed E-state index contributed by atoms with van der Waals surface area (Å²) in [4.78, 5) is 34.5. The van der Waals surface area contributed by atoms with E-state index in [1.54, 1.807) is 0 Å². The first-order valence-electron chi connectivity index (χ1n) is 3.60. The van der Waals surface area contributed by atoms with Crippen LogP contribution < -0.4 is 86.7 Å².